The minimum Gasteiger partial charge on any atom is -0.494 e. The molecule has 5 aliphatic heterocycles. The van der Waals surface area contributed by atoms with E-state index in [1.807, 2.05) is 24.3 Å². The molecule has 5 saturated heterocycles. The summed E-state index contributed by atoms with van der Waals surface area (Å²) in [6.07, 6.45) is -26.3. The van der Waals surface area contributed by atoms with Crippen LogP contribution in [0.1, 0.15) is 150 Å². The van der Waals surface area contributed by atoms with E-state index in [0.717, 1.165) is 55.6 Å². The third-order valence-electron chi connectivity index (χ3n) is 27.0. The highest BCUT2D eigenvalue weighted by atomic mass is 32.2. The molecular formula is C81H130N4O35S2. The molecule has 4 saturated carbocycles. The van der Waals surface area contributed by atoms with Crippen LogP contribution in [-0.2, 0) is 72.4 Å². The van der Waals surface area contributed by atoms with E-state index in [2.05, 4.69) is 54.5 Å². The number of nitrogens with one attached hydrogen (secondary N) is 2. The lowest BCUT2D eigenvalue weighted by molar-refractivity contribution is -0.374. The van der Waals surface area contributed by atoms with Crippen LogP contribution in [0.5, 0.6) is 11.5 Å². The van der Waals surface area contributed by atoms with Crippen LogP contribution in [-0.4, -0.2) is 337 Å². The summed E-state index contributed by atoms with van der Waals surface area (Å²) in [5.41, 5.74) is 9.93. The van der Waals surface area contributed by atoms with Gasteiger partial charge in [-0.15, -0.1) is 0 Å². The van der Waals surface area contributed by atoms with Gasteiger partial charge in [-0.05, 0) is 184 Å². The van der Waals surface area contributed by atoms with Crippen molar-refractivity contribution in [1.82, 2.24) is 0 Å². The van der Waals surface area contributed by atoms with E-state index < -0.39 is 240 Å². The largest absolute Gasteiger partial charge is 0.494 e. The van der Waals surface area contributed by atoms with E-state index in [4.69, 9.17) is 98.4 Å². The molecule has 696 valence electrons. The van der Waals surface area contributed by atoms with E-state index in [9.17, 15) is 88.3 Å². The maximum Gasteiger partial charge on any atom is 0.317 e. The number of nitrogen functional groups attached to an aromatic ring is 2. The van der Waals surface area contributed by atoms with Gasteiger partial charge in [0.1, 0.15) is 120 Å². The number of nitrogens with two attached hydrogens (primary N) is 2. The molecule has 0 amide bonds. The predicted octanol–water partition coefficient (Wildman–Crippen LogP) is -1.29. The van der Waals surface area contributed by atoms with Gasteiger partial charge in [0.25, 0.3) is 20.2 Å². The Morgan fingerprint density at radius 1 is 0.516 bits per heavy atom. The lowest BCUT2D eigenvalue weighted by atomic mass is 9.33. The van der Waals surface area contributed by atoms with Gasteiger partial charge in [0.2, 0.25) is 6.29 Å². The average Bonchev–Trinajstić information content (AvgIpc) is 0.671. The van der Waals surface area contributed by atoms with Crippen LogP contribution in [0.2, 0.25) is 0 Å². The van der Waals surface area contributed by atoms with Gasteiger partial charge in [0.15, 0.2) is 31.3 Å². The topological polar surface area (TPSA) is 660 Å². The molecule has 32 unspecified atom stereocenters. The molecule has 9 fully saturated rings. The SMILES string of the molecule is CC1OC(OC2CCC3(C)C(CCC4(C)C3CC=C3C5CC(C)(C)CCC5(C(=O)OC5OCC(O)C(O)C5OC5OC(C)C(OC6OC(CO)C(O)C(O)C6O)C(O)C5O)C(O)CC34C)C2(C)C)C(O)C(O)C1OC1OCC(O)C(O)C1O.N=C(N)c1ccc(OCCCCCOc2ccc(C(=N)N)cc2)cc1.O=S(=O)(O)CCO.O=S(=O)(O)CCO. The van der Waals surface area contributed by atoms with Gasteiger partial charge in [-0.3, -0.25) is 24.7 Å². The molecule has 0 bridgehead atoms. The Morgan fingerprint density at radius 2 is 0.984 bits per heavy atom. The fourth-order valence-corrected chi connectivity index (χ4v) is 20.4. The van der Waals surface area contributed by atoms with Crippen LogP contribution in [0.4, 0.5) is 0 Å². The highest BCUT2D eigenvalue weighted by molar-refractivity contribution is 7.86. The monoisotopic (exact) mass is 1780 g/mol. The van der Waals surface area contributed by atoms with Gasteiger partial charge in [-0.25, -0.2) is 0 Å². The van der Waals surface area contributed by atoms with E-state index in [1.54, 1.807) is 31.2 Å². The molecule has 5 heterocycles. The molecule has 32 atom stereocenters. The molecule has 5 aliphatic carbocycles. The van der Waals surface area contributed by atoms with Gasteiger partial charge in [-0.1, -0.05) is 60.1 Å². The number of aliphatic hydroxyl groups is 16. The van der Waals surface area contributed by atoms with Crippen molar-refractivity contribution in [3.63, 3.8) is 0 Å². The van der Waals surface area contributed by atoms with E-state index in [0.29, 0.717) is 50.0 Å². The van der Waals surface area contributed by atoms with Gasteiger partial charge in [0.05, 0.1) is 82.2 Å². The molecule has 2 aromatic carbocycles. The third kappa shape index (κ3) is 22.5. The lowest BCUT2D eigenvalue weighted by Gasteiger charge is -2.71. The summed E-state index contributed by atoms with van der Waals surface area (Å²) in [5, 5.41) is 183. The van der Waals surface area contributed by atoms with Crippen molar-refractivity contribution in [3.8, 4) is 11.5 Å². The number of allylic oxidation sites excluding steroid dienone is 2. The third-order valence-corrected chi connectivity index (χ3v) is 28.4. The molecule has 2 aromatic rings. The summed E-state index contributed by atoms with van der Waals surface area (Å²) in [6.45, 7) is 17.4. The molecular weight excluding hydrogens is 1650 g/mol. The summed E-state index contributed by atoms with van der Waals surface area (Å²) in [4.78, 5) is 15.4. The van der Waals surface area contributed by atoms with Crippen molar-refractivity contribution < 1.29 is 169 Å². The molecule has 24 N–H and O–H groups in total. The first-order valence-corrected chi connectivity index (χ1v) is 44.6. The maximum absolute atomic E-state index is 15.4. The maximum atomic E-state index is 15.4. The number of aliphatic hydroxyl groups excluding tert-OH is 16. The lowest BCUT2D eigenvalue weighted by Crippen LogP contribution is -2.68. The zero-order valence-corrected chi connectivity index (χ0v) is 71.8. The highest BCUT2D eigenvalue weighted by Crippen LogP contribution is 2.76. The van der Waals surface area contributed by atoms with E-state index >= 15 is 4.79 Å². The number of carbonyl (C=O) groups is 1. The van der Waals surface area contributed by atoms with Gasteiger partial charge in [0, 0.05) is 11.1 Å². The smallest absolute Gasteiger partial charge is 0.317 e. The van der Waals surface area contributed by atoms with Crippen molar-refractivity contribution >= 4 is 37.9 Å². The number of carbonyl (C=O) groups excluding carboxylic acids is 1. The summed E-state index contributed by atoms with van der Waals surface area (Å²) in [6, 6.07) is 14.4. The van der Waals surface area contributed by atoms with Crippen LogP contribution in [0.25, 0.3) is 0 Å². The van der Waals surface area contributed by atoms with Gasteiger partial charge >= 0.3 is 5.97 Å². The van der Waals surface area contributed by atoms with E-state index in [-0.39, 0.29) is 59.2 Å². The van der Waals surface area contributed by atoms with Crippen LogP contribution in [0.3, 0.4) is 0 Å². The van der Waals surface area contributed by atoms with Crippen LogP contribution < -0.4 is 20.9 Å². The Balaban J connectivity index is 0.000000355. The number of ether oxygens (including phenoxy) is 12. The molecule has 41 heteroatoms. The average molecular weight is 1780 g/mol. The fourth-order valence-electron chi connectivity index (χ4n) is 19.9. The van der Waals surface area contributed by atoms with Gasteiger partial charge < -0.3 is 150 Å². The summed E-state index contributed by atoms with van der Waals surface area (Å²) in [7, 11) is -7.85. The number of rotatable bonds is 25. The van der Waals surface area contributed by atoms with Crippen LogP contribution >= 0.6 is 0 Å². The number of benzene rings is 2. The molecule has 122 heavy (non-hydrogen) atoms. The fraction of sp³-hybridized carbons (Fsp3) is 0.790. The highest BCUT2D eigenvalue weighted by Gasteiger charge is 2.72. The van der Waals surface area contributed by atoms with Crippen LogP contribution in [0, 0.1) is 61.1 Å². The Hall–Kier alpha value is -4.99. The molecule has 0 spiro atoms. The van der Waals surface area contributed by atoms with Crippen molar-refractivity contribution in [1.29, 1.82) is 10.8 Å². The number of fused-ring (bicyclic) bond motifs is 7. The standard InChI is InChI=1S/C58H94O25.C19H24N4O2.2C2H6O4S/c1-23-44(80-47-40(69)34(63)27(60)21-74-47)38(67)42(71)48(76-23)79-33-13-14-55(7)30(54(33,5)6)12-15-56(8)31(55)11-10-25-26-18-53(3,4)16-17-58(26,32(62)19-57(25,56)9)52(73)83-51-46(35(64)28(61)22-75-51)82-49-43(72)39(68)45(24(2)77-49)81-50-41(70)37(66)36(65)29(20-59)78-50;20-18(21)14-4-8-16(9-5-14)24-12-2-1-3-13-25-17-10-6-15(7-11-17)19(22)23;2*3-1-2-7(4,5)6/h10,23-24,26-51,59-72H,11-22H2,1-9H3;4-11H,1-3,12-13H2,(H3,20,21)(H3,22,23);2*3H,1-2H2,(H,4,5,6). The first kappa shape index (κ1) is 101. The molecule has 0 radical (unpaired) electrons. The van der Waals surface area contributed by atoms with E-state index in [1.165, 1.54) is 6.92 Å². The van der Waals surface area contributed by atoms with Crippen molar-refractivity contribution in [2.24, 2.45) is 61.7 Å². The number of esters is 1. The molecule has 39 nitrogen and oxygen atoms in total. The second kappa shape index (κ2) is 41.2. The van der Waals surface area contributed by atoms with Crippen molar-refractivity contribution in [2.45, 2.75) is 293 Å². The molecule has 10 aliphatic rings. The first-order valence-electron chi connectivity index (χ1n) is 41.4. The zero-order chi connectivity index (χ0) is 90.5. The van der Waals surface area contributed by atoms with Gasteiger partial charge in [-0.2, -0.15) is 16.8 Å². The zero-order valence-electron chi connectivity index (χ0n) is 70.2. The number of hydrogen-bond acceptors (Lipinski definition) is 35. The summed E-state index contributed by atoms with van der Waals surface area (Å²) < 4.78 is 125. The molecule has 0 aromatic heterocycles. The quantitative estimate of drug-likeness (QED) is 0.0105. The molecule has 12 rings (SSSR count). The first-order chi connectivity index (χ1) is 57.0. The summed E-state index contributed by atoms with van der Waals surface area (Å²) in [5.74, 6) is -0.471. The normalized spacial score (nSPS) is 41.0. The Kier molecular flexibility index (Phi) is 34.0. The number of amidine groups is 2. The predicted molar refractivity (Wildman–Crippen MR) is 429 cm³/mol. The minimum absolute atomic E-state index is 0.0579. The summed E-state index contributed by atoms with van der Waals surface area (Å²) >= 11 is 0. The number of hydrogen-bond donors (Lipinski definition) is 22. The Labute approximate surface area is 709 Å². The second-order valence-corrected chi connectivity index (χ2v) is 39.1. The Bertz CT molecular complexity index is 3930. The van der Waals surface area contributed by atoms with Crippen LogP contribution in [0.15, 0.2) is 60.2 Å². The Morgan fingerprint density at radius 3 is 1.48 bits per heavy atom. The minimum atomic E-state index is -3.92. The van der Waals surface area contributed by atoms with Crippen molar-refractivity contribution in [3.05, 3.63) is 71.3 Å². The number of unbranched alkanes of at least 4 members (excludes halogenated alkanes) is 2. The second-order valence-electron chi connectivity index (χ2n) is 35.9. The van der Waals surface area contributed by atoms with Crippen molar-refractivity contribution in [2.75, 3.05) is 57.8 Å².